The maximum Gasteiger partial charge on any atom is 0.240 e. The van der Waals surface area contributed by atoms with Gasteiger partial charge in [0.2, 0.25) is 11.8 Å². The molecule has 1 heterocycles. The molecule has 0 aromatic carbocycles. The fourth-order valence-corrected chi connectivity index (χ4v) is 0.986. The zero-order valence-electron chi connectivity index (χ0n) is 9.86. The average Bonchev–Trinajstić information content (AvgIpc) is 2.23. The van der Waals surface area contributed by atoms with Crippen molar-refractivity contribution in [2.45, 2.75) is 26.4 Å². The van der Waals surface area contributed by atoms with Gasteiger partial charge in [-0.05, 0) is 20.8 Å². The second kappa shape index (κ2) is 5.62. The monoisotopic (exact) mass is 226 g/mol. The first-order chi connectivity index (χ1) is 7.51. The van der Waals surface area contributed by atoms with Gasteiger partial charge in [0.25, 0.3) is 0 Å². The highest BCUT2D eigenvalue weighted by Crippen LogP contribution is 2.09. The zero-order valence-corrected chi connectivity index (χ0v) is 9.86. The van der Waals surface area contributed by atoms with Gasteiger partial charge in [-0.2, -0.15) is 4.98 Å². The molecule has 0 radical (unpaired) electrons. The van der Waals surface area contributed by atoms with E-state index < -0.39 is 0 Å². The number of rotatable bonds is 5. The molecule has 1 aromatic rings. The standard InChI is InChI=1S/C10H18N4O2/c1-10(2,3)16-7-6-15-8-4-5-12-9(13-8)14-11/h4-5H,6-7,11H2,1-3H3,(H,12,13,14). The van der Waals surface area contributed by atoms with Gasteiger partial charge in [0.15, 0.2) is 0 Å². The third-order valence-electron chi connectivity index (χ3n) is 1.63. The van der Waals surface area contributed by atoms with Gasteiger partial charge < -0.3 is 9.47 Å². The highest BCUT2D eigenvalue weighted by Gasteiger charge is 2.09. The molecule has 0 unspecified atom stereocenters. The number of hydrazine groups is 1. The lowest BCUT2D eigenvalue weighted by atomic mass is 10.2. The van der Waals surface area contributed by atoms with Crippen LogP contribution in [-0.4, -0.2) is 28.8 Å². The summed E-state index contributed by atoms with van der Waals surface area (Å²) < 4.78 is 10.9. The molecule has 6 nitrogen and oxygen atoms in total. The Morgan fingerprint density at radius 2 is 2.12 bits per heavy atom. The molecule has 1 aromatic heterocycles. The fourth-order valence-electron chi connectivity index (χ4n) is 0.986. The second-order valence-electron chi connectivity index (χ2n) is 4.17. The predicted molar refractivity (Wildman–Crippen MR) is 61.0 cm³/mol. The maximum atomic E-state index is 5.50. The normalized spacial score (nSPS) is 11.2. The number of nitrogens with two attached hydrogens (primary N) is 1. The first kappa shape index (κ1) is 12.7. The lowest BCUT2D eigenvalue weighted by Crippen LogP contribution is -2.22. The van der Waals surface area contributed by atoms with Crippen molar-refractivity contribution in [3.8, 4) is 5.88 Å². The smallest absolute Gasteiger partial charge is 0.240 e. The van der Waals surface area contributed by atoms with E-state index in [9.17, 15) is 0 Å². The van der Waals surface area contributed by atoms with Crippen molar-refractivity contribution < 1.29 is 9.47 Å². The minimum absolute atomic E-state index is 0.154. The van der Waals surface area contributed by atoms with Crippen molar-refractivity contribution in [1.82, 2.24) is 9.97 Å². The lowest BCUT2D eigenvalue weighted by molar-refractivity contribution is -0.0168. The van der Waals surface area contributed by atoms with Crippen molar-refractivity contribution in [2.75, 3.05) is 18.6 Å². The number of nitrogens with one attached hydrogen (secondary N) is 1. The molecule has 3 N–H and O–H groups in total. The van der Waals surface area contributed by atoms with E-state index in [-0.39, 0.29) is 5.60 Å². The fraction of sp³-hybridized carbons (Fsp3) is 0.600. The SMILES string of the molecule is CC(C)(C)OCCOc1ccnc(NN)n1. The Morgan fingerprint density at radius 1 is 1.38 bits per heavy atom. The molecule has 0 spiro atoms. The van der Waals surface area contributed by atoms with Gasteiger partial charge in [0, 0.05) is 12.3 Å². The van der Waals surface area contributed by atoms with Crippen LogP contribution in [0, 0.1) is 0 Å². The molecule has 90 valence electrons. The van der Waals surface area contributed by atoms with Gasteiger partial charge in [-0.3, -0.25) is 5.43 Å². The summed E-state index contributed by atoms with van der Waals surface area (Å²) in [7, 11) is 0. The van der Waals surface area contributed by atoms with Crippen LogP contribution < -0.4 is 16.0 Å². The molecule has 1 rings (SSSR count). The largest absolute Gasteiger partial charge is 0.475 e. The molecule has 0 saturated heterocycles. The van der Waals surface area contributed by atoms with Gasteiger partial charge in [-0.25, -0.2) is 10.8 Å². The van der Waals surface area contributed by atoms with Gasteiger partial charge in [-0.1, -0.05) is 0 Å². The summed E-state index contributed by atoms with van der Waals surface area (Å²) in [5.74, 6) is 5.98. The predicted octanol–water partition coefficient (Wildman–Crippen LogP) is 0.956. The van der Waals surface area contributed by atoms with Crippen LogP contribution in [0.1, 0.15) is 20.8 Å². The van der Waals surface area contributed by atoms with Crippen LogP contribution in [0.15, 0.2) is 12.3 Å². The van der Waals surface area contributed by atoms with Gasteiger partial charge in [0.05, 0.1) is 12.2 Å². The third-order valence-corrected chi connectivity index (χ3v) is 1.63. The summed E-state index contributed by atoms with van der Waals surface area (Å²) >= 11 is 0. The van der Waals surface area contributed by atoms with E-state index in [1.807, 2.05) is 20.8 Å². The highest BCUT2D eigenvalue weighted by molar-refractivity contribution is 5.25. The molecule has 0 amide bonds. The quantitative estimate of drug-likeness (QED) is 0.442. The van der Waals surface area contributed by atoms with E-state index in [0.29, 0.717) is 25.0 Å². The van der Waals surface area contributed by atoms with Crippen LogP contribution in [0.4, 0.5) is 5.95 Å². The van der Waals surface area contributed by atoms with Crippen LogP contribution in [0.5, 0.6) is 5.88 Å². The summed E-state index contributed by atoms with van der Waals surface area (Å²) in [6.45, 7) is 6.94. The first-order valence-electron chi connectivity index (χ1n) is 5.08. The molecule has 6 heteroatoms. The minimum Gasteiger partial charge on any atom is -0.475 e. The average molecular weight is 226 g/mol. The minimum atomic E-state index is -0.154. The van der Waals surface area contributed by atoms with Gasteiger partial charge in [0.1, 0.15) is 6.61 Å². The summed E-state index contributed by atoms with van der Waals surface area (Å²) in [5, 5.41) is 0. The molecule has 0 aliphatic heterocycles. The third kappa shape index (κ3) is 4.90. The van der Waals surface area contributed by atoms with Gasteiger partial charge >= 0.3 is 0 Å². The van der Waals surface area contributed by atoms with Crippen molar-refractivity contribution in [2.24, 2.45) is 5.84 Å². The summed E-state index contributed by atoms with van der Waals surface area (Å²) in [5.41, 5.74) is 2.19. The summed E-state index contributed by atoms with van der Waals surface area (Å²) in [6.07, 6.45) is 1.57. The molecular formula is C10H18N4O2. The molecule has 0 aliphatic rings. The first-order valence-corrected chi connectivity index (χ1v) is 5.08. The van der Waals surface area contributed by atoms with Crippen molar-refractivity contribution in [3.05, 3.63) is 12.3 Å². The Balaban J connectivity index is 2.32. The molecule has 0 atom stereocenters. The zero-order chi connectivity index (χ0) is 12.0. The van der Waals surface area contributed by atoms with Crippen molar-refractivity contribution in [3.63, 3.8) is 0 Å². The van der Waals surface area contributed by atoms with Crippen LogP contribution in [-0.2, 0) is 4.74 Å². The Hall–Kier alpha value is -1.40. The van der Waals surface area contributed by atoms with Gasteiger partial charge in [-0.15, -0.1) is 0 Å². The molecule has 0 aliphatic carbocycles. The van der Waals surface area contributed by atoms with E-state index in [1.54, 1.807) is 12.3 Å². The Labute approximate surface area is 95.1 Å². The topological polar surface area (TPSA) is 82.3 Å². The second-order valence-corrected chi connectivity index (χ2v) is 4.17. The van der Waals surface area contributed by atoms with Crippen LogP contribution >= 0.6 is 0 Å². The molecule has 0 bridgehead atoms. The Bertz CT molecular complexity index is 325. The van der Waals surface area contributed by atoms with Crippen LogP contribution in [0.2, 0.25) is 0 Å². The van der Waals surface area contributed by atoms with E-state index in [2.05, 4.69) is 15.4 Å². The molecule has 0 saturated carbocycles. The number of nitrogen functional groups attached to an aromatic ring is 1. The maximum absolute atomic E-state index is 5.50. The lowest BCUT2D eigenvalue weighted by Gasteiger charge is -2.19. The summed E-state index contributed by atoms with van der Waals surface area (Å²) in [4.78, 5) is 7.87. The number of nitrogens with zero attached hydrogens (tertiary/aromatic N) is 2. The van der Waals surface area contributed by atoms with E-state index >= 15 is 0 Å². The van der Waals surface area contributed by atoms with E-state index in [4.69, 9.17) is 15.3 Å². The van der Waals surface area contributed by atoms with Crippen molar-refractivity contribution in [1.29, 1.82) is 0 Å². The Kier molecular flexibility index (Phi) is 4.45. The molecule has 0 fully saturated rings. The number of hydrogen-bond acceptors (Lipinski definition) is 6. The molecule has 16 heavy (non-hydrogen) atoms. The summed E-state index contributed by atoms with van der Waals surface area (Å²) in [6, 6.07) is 1.66. The highest BCUT2D eigenvalue weighted by atomic mass is 16.5. The molecular weight excluding hydrogens is 208 g/mol. The van der Waals surface area contributed by atoms with Crippen molar-refractivity contribution >= 4 is 5.95 Å². The Morgan fingerprint density at radius 3 is 2.75 bits per heavy atom. The van der Waals surface area contributed by atoms with Crippen LogP contribution in [0.25, 0.3) is 0 Å². The number of hydrogen-bond donors (Lipinski definition) is 2. The number of aromatic nitrogens is 2. The van der Waals surface area contributed by atoms with Crippen LogP contribution in [0.3, 0.4) is 0 Å². The van der Waals surface area contributed by atoms with E-state index in [1.165, 1.54) is 0 Å². The number of anilines is 1. The number of ether oxygens (including phenoxy) is 2. The van der Waals surface area contributed by atoms with E-state index in [0.717, 1.165) is 0 Å².